The second-order valence-corrected chi connectivity index (χ2v) is 3.55. The molecule has 1 rings (SSSR count). The van der Waals surface area contributed by atoms with Crippen molar-refractivity contribution in [1.29, 1.82) is 0 Å². The molecule has 0 saturated heterocycles. The van der Waals surface area contributed by atoms with Crippen molar-refractivity contribution < 1.29 is 17.4 Å². The van der Waals surface area contributed by atoms with Crippen LogP contribution in [0.2, 0.25) is 0 Å². The third-order valence-corrected chi connectivity index (χ3v) is 2.12. The van der Waals surface area contributed by atoms with E-state index in [4.69, 9.17) is 10.3 Å². The average molecular weight is 191 g/mol. The highest BCUT2D eigenvalue weighted by Crippen LogP contribution is 2.16. The number of nitrogen functional groups attached to an aromatic ring is 1. The molecule has 0 atom stereocenters. The van der Waals surface area contributed by atoms with E-state index in [0.29, 0.717) is 0 Å². The molecule has 1 aromatic carbocycles. The van der Waals surface area contributed by atoms with Gasteiger partial charge in [0, 0.05) is 5.69 Å². The van der Waals surface area contributed by atoms with Gasteiger partial charge in [0.2, 0.25) is 0 Å². The van der Waals surface area contributed by atoms with E-state index in [9.17, 15) is 12.8 Å². The number of benzene rings is 1. The zero-order valence-corrected chi connectivity index (χ0v) is 6.68. The second kappa shape index (κ2) is 2.72. The molecule has 0 aliphatic rings. The number of halogens is 1. The second-order valence-electron chi connectivity index (χ2n) is 2.16. The van der Waals surface area contributed by atoms with E-state index in [0.717, 1.165) is 12.1 Å². The van der Waals surface area contributed by atoms with Gasteiger partial charge in [-0.2, -0.15) is 8.42 Å². The predicted octanol–water partition coefficient (Wildman–Crippen LogP) is 0.655. The molecule has 0 fully saturated rings. The summed E-state index contributed by atoms with van der Waals surface area (Å²) < 4.78 is 42.1. The minimum absolute atomic E-state index is 0.0971. The molecular weight excluding hydrogens is 185 g/mol. The number of rotatable bonds is 1. The first-order chi connectivity index (χ1) is 5.41. The maximum atomic E-state index is 12.7. The lowest BCUT2D eigenvalue weighted by molar-refractivity contribution is 0.473. The van der Waals surface area contributed by atoms with E-state index in [2.05, 4.69) is 0 Å². The molecule has 0 radical (unpaired) electrons. The van der Waals surface area contributed by atoms with E-state index in [1.54, 1.807) is 0 Å². The fourth-order valence-corrected chi connectivity index (χ4v) is 1.27. The molecule has 0 spiro atoms. The Morgan fingerprint density at radius 3 is 2.42 bits per heavy atom. The standard InChI is InChI=1S/C6H6FNO3S/c7-5-3-4(8)1-2-6(5)12(9,10)11/h1-3H,8H2,(H,9,10,11). The molecule has 0 saturated carbocycles. The van der Waals surface area contributed by atoms with Gasteiger partial charge in [-0.3, -0.25) is 4.55 Å². The molecule has 6 heteroatoms. The molecule has 0 aliphatic heterocycles. The molecule has 66 valence electrons. The van der Waals surface area contributed by atoms with Gasteiger partial charge in [-0.05, 0) is 18.2 Å². The van der Waals surface area contributed by atoms with Gasteiger partial charge in [-0.15, -0.1) is 0 Å². The van der Waals surface area contributed by atoms with Crippen LogP contribution >= 0.6 is 0 Å². The van der Waals surface area contributed by atoms with Crippen molar-refractivity contribution >= 4 is 15.8 Å². The number of hydrogen-bond acceptors (Lipinski definition) is 3. The van der Waals surface area contributed by atoms with E-state index < -0.39 is 20.8 Å². The summed E-state index contributed by atoms with van der Waals surface area (Å²) in [5.41, 5.74) is 5.25. The van der Waals surface area contributed by atoms with E-state index in [-0.39, 0.29) is 5.69 Å². The Kier molecular flexibility index (Phi) is 2.03. The molecule has 0 unspecified atom stereocenters. The largest absolute Gasteiger partial charge is 0.399 e. The molecule has 12 heavy (non-hydrogen) atoms. The molecule has 4 nitrogen and oxygen atoms in total. The minimum Gasteiger partial charge on any atom is -0.399 e. The van der Waals surface area contributed by atoms with Crippen molar-refractivity contribution in [2.45, 2.75) is 4.90 Å². The molecular formula is C6H6FNO3S. The Bertz CT molecular complexity index is 401. The lowest BCUT2D eigenvalue weighted by atomic mass is 10.3. The summed E-state index contributed by atoms with van der Waals surface area (Å²) in [4.78, 5) is -0.767. The zero-order chi connectivity index (χ0) is 9.35. The highest BCUT2D eigenvalue weighted by Gasteiger charge is 2.14. The Hall–Kier alpha value is -1.14. The Morgan fingerprint density at radius 2 is 2.00 bits per heavy atom. The van der Waals surface area contributed by atoms with Gasteiger partial charge in [-0.1, -0.05) is 0 Å². The van der Waals surface area contributed by atoms with E-state index in [1.807, 2.05) is 0 Å². The van der Waals surface area contributed by atoms with Crippen molar-refractivity contribution in [3.05, 3.63) is 24.0 Å². The van der Waals surface area contributed by atoms with Gasteiger partial charge in [0.05, 0.1) is 0 Å². The summed E-state index contributed by atoms with van der Waals surface area (Å²) in [5, 5.41) is 0. The van der Waals surface area contributed by atoms with Crippen molar-refractivity contribution in [3.63, 3.8) is 0 Å². The van der Waals surface area contributed by atoms with Crippen LogP contribution < -0.4 is 5.73 Å². The maximum Gasteiger partial charge on any atom is 0.297 e. The molecule has 0 aliphatic carbocycles. The average Bonchev–Trinajstić information content (AvgIpc) is 1.83. The molecule has 0 bridgehead atoms. The predicted molar refractivity (Wildman–Crippen MR) is 40.6 cm³/mol. The van der Waals surface area contributed by atoms with Crippen LogP contribution in [-0.4, -0.2) is 13.0 Å². The van der Waals surface area contributed by atoms with Gasteiger partial charge in [0.15, 0.2) is 0 Å². The van der Waals surface area contributed by atoms with Crippen LogP contribution in [0.3, 0.4) is 0 Å². The van der Waals surface area contributed by atoms with Crippen molar-refractivity contribution in [2.24, 2.45) is 0 Å². The van der Waals surface area contributed by atoms with Gasteiger partial charge < -0.3 is 5.73 Å². The topological polar surface area (TPSA) is 80.4 Å². The fourth-order valence-electron chi connectivity index (χ4n) is 0.726. The first-order valence-corrected chi connectivity index (χ1v) is 4.38. The van der Waals surface area contributed by atoms with Crippen LogP contribution in [-0.2, 0) is 10.1 Å². The first-order valence-electron chi connectivity index (χ1n) is 2.94. The highest BCUT2D eigenvalue weighted by atomic mass is 32.2. The Morgan fingerprint density at radius 1 is 1.42 bits per heavy atom. The van der Waals surface area contributed by atoms with Gasteiger partial charge in [0.25, 0.3) is 10.1 Å². The van der Waals surface area contributed by atoms with Crippen LogP contribution in [0.1, 0.15) is 0 Å². The quantitative estimate of drug-likeness (QED) is 0.504. The third-order valence-electron chi connectivity index (χ3n) is 1.23. The van der Waals surface area contributed by atoms with Gasteiger partial charge in [0.1, 0.15) is 10.7 Å². The molecule has 0 aromatic heterocycles. The number of hydrogen-bond donors (Lipinski definition) is 2. The zero-order valence-electron chi connectivity index (χ0n) is 5.86. The van der Waals surface area contributed by atoms with Crippen LogP contribution in [0.4, 0.5) is 10.1 Å². The summed E-state index contributed by atoms with van der Waals surface area (Å²) >= 11 is 0. The summed E-state index contributed by atoms with van der Waals surface area (Å²) in [6.45, 7) is 0. The lowest BCUT2D eigenvalue weighted by Gasteiger charge is -1.99. The fraction of sp³-hybridized carbons (Fsp3) is 0. The minimum atomic E-state index is -4.48. The van der Waals surface area contributed by atoms with Gasteiger partial charge >= 0.3 is 0 Å². The summed E-state index contributed by atoms with van der Waals surface area (Å²) in [7, 11) is -4.48. The number of nitrogens with two attached hydrogens (primary N) is 1. The third kappa shape index (κ3) is 1.72. The highest BCUT2D eigenvalue weighted by molar-refractivity contribution is 7.85. The molecule has 1 aromatic rings. The maximum absolute atomic E-state index is 12.7. The Labute approximate surface area is 68.6 Å². The van der Waals surface area contributed by atoms with Crippen LogP contribution in [0, 0.1) is 5.82 Å². The SMILES string of the molecule is Nc1ccc(S(=O)(=O)O)c(F)c1. The normalized spacial score (nSPS) is 11.5. The van der Waals surface area contributed by atoms with Crippen molar-refractivity contribution in [3.8, 4) is 0 Å². The lowest BCUT2D eigenvalue weighted by Crippen LogP contribution is -2.01. The first kappa shape index (κ1) is 8.95. The Balaban J connectivity index is 3.39. The van der Waals surface area contributed by atoms with Crippen LogP contribution in [0.25, 0.3) is 0 Å². The number of anilines is 1. The summed E-state index contributed by atoms with van der Waals surface area (Å²) in [6.07, 6.45) is 0. The monoisotopic (exact) mass is 191 g/mol. The molecule has 0 amide bonds. The smallest absolute Gasteiger partial charge is 0.297 e. The molecule has 3 N–H and O–H groups in total. The van der Waals surface area contributed by atoms with E-state index >= 15 is 0 Å². The molecule has 0 heterocycles. The van der Waals surface area contributed by atoms with Crippen molar-refractivity contribution in [1.82, 2.24) is 0 Å². The van der Waals surface area contributed by atoms with E-state index in [1.165, 1.54) is 6.07 Å². The van der Waals surface area contributed by atoms with Crippen LogP contribution in [0.15, 0.2) is 23.1 Å². The van der Waals surface area contributed by atoms with Crippen molar-refractivity contribution in [2.75, 3.05) is 5.73 Å². The van der Waals surface area contributed by atoms with Gasteiger partial charge in [-0.25, -0.2) is 4.39 Å². The van der Waals surface area contributed by atoms with Crippen LogP contribution in [0.5, 0.6) is 0 Å². The summed E-state index contributed by atoms with van der Waals surface area (Å²) in [5.74, 6) is -1.06. The summed E-state index contributed by atoms with van der Waals surface area (Å²) in [6, 6.07) is 2.91.